The number of piperazine rings is 1. The maximum Gasteiger partial charge on any atom is 0.411 e. The van der Waals surface area contributed by atoms with E-state index in [0.29, 0.717) is 11.1 Å². The van der Waals surface area contributed by atoms with Crippen molar-refractivity contribution >= 4 is 23.9 Å². The number of likely N-dealkylation sites (tertiary alicyclic amines) is 1. The second-order valence-electron chi connectivity index (χ2n) is 9.29. The minimum absolute atomic E-state index is 0.0393. The number of amides is 2. The summed E-state index contributed by atoms with van der Waals surface area (Å²) in [5.74, 6) is -2.53. The van der Waals surface area contributed by atoms with E-state index in [4.69, 9.17) is 14.2 Å². The van der Waals surface area contributed by atoms with Gasteiger partial charge in [0.2, 0.25) is 5.91 Å². The van der Waals surface area contributed by atoms with Crippen molar-refractivity contribution in [3.63, 3.8) is 0 Å². The number of hydrogen-bond donors (Lipinski definition) is 0. The van der Waals surface area contributed by atoms with E-state index < -0.39 is 47.2 Å². The summed E-state index contributed by atoms with van der Waals surface area (Å²) in [6.45, 7) is 12.2. The van der Waals surface area contributed by atoms with Crippen LogP contribution in [0.15, 0.2) is 42.5 Å². The van der Waals surface area contributed by atoms with Crippen LogP contribution in [-0.4, -0.2) is 70.2 Å². The zero-order valence-electron chi connectivity index (χ0n) is 20.3. The Hall–Kier alpha value is -3.36. The first-order chi connectivity index (χ1) is 16.0. The summed E-state index contributed by atoms with van der Waals surface area (Å²) in [6, 6.07) is 6.80. The van der Waals surface area contributed by atoms with Gasteiger partial charge in [0, 0.05) is 6.54 Å². The molecular weight excluding hydrogens is 440 g/mol. The van der Waals surface area contributed by atoms with E-state index >= 15 is 0 Å². The summed E-state index contributed by atoms with van der Waals surface area (Å²) < 4.78 is 16.2. The molecular formula is C25H32N2O7. The van der Waals surface area contributed by atoms with Gasteiger partial charge in [-0.25, -0.2) is 14.4 Å². The Labute approximate surface area is 199 Å². The molecule has 0 aromatic heterocycles. The number of esters is 2. The summed E-state index contributed by atoms with van der Waals surface area (Å²) in [5, 5.41) is 0. The van der Waals surface area contributed by atoms with Gasteiger partial charge in [0.1, 0.15) is 17.7 Å². The summed E-state index contributed by atoms with van der Waals surface area (Å²) in [6.07, 6.45) is -0.721. The minimum Gasteiger partial charge on any atom is -0.464 e. The SMILES string of the molecule is C=C1C[C@H]2C(=O)N(Cc3ccccc3)C(C(=O)OCC)(C(=O)OCC)[C@@H]1N2C(=O)OC(C)(C)C. The Morgan fingerprint density at radius 1 is 1.06 bits per heavy atom. The molecule has 2 heterocycles. The van der Waals surface area contributed by atoms with E-state index in [2.05, 4.69) is 6.58 Å². The monoisotopic (exact) mass is 472 g/mol. The molecule has 2 atom stereocenters. The zero-order chi connectivity index (χ0) is 25.3. The van der Waals surface area contributed by atoms with Crippen LogP contribution in [0.1, 0.15) is 46.6 Å². The Balaban J connectivity index is 2.24. The molecule has 0 N–H and O–H groups in total. The van der Waals surface area contributed by atoms with Crippen molar-refractivity contribution < 1.29 is 33.4 Å². The average Bonchev–Trinajstić information content (AvgIpc) is 3.06. The van der Waals surface area contributed by atoms with Crippen molar-refractivity contribution in [3.8, 4) is 0 Å². The molecule has 2 fully saturated rings. The minimum atomic E-state index is -2.26. The van der Waals surface area contributed by atoms with Gasteiger partial charge >= 0.3 is 18.0 Å². The first-order valence-electron chi connectivity index (χ1n) is 11.4. The van der Waals surface area contributed by atoms with Crippen molar-refractivity contribution in [1.82, 2.24) is 9.80 Å². The highest BCUT2D eigenvalue weighted by molar-refractivity contribution is 6.12. The predicted octanol–water partition coefficient (Wildman–Crippen LogP) is 2.83. The highest BCUT2D eigenvalue weighted by atomic mass is 16.6. The lowest BCUT2D eigenvalue weighted by molar-refractivity contribution is -0.191. The lowest BCUT2D eigenvalue weighted by Crippen LogP contribution is -2.77. The normalized spacial score (nSPS) is 21.3. The lowest BCUT2D eigenvalue weighted by atomic mass is 9.82. The molecule has 0 unspecified atom stereocenters. The fourth-order valence-electron chi connectivity index (χ4n) is 4.56. The predicted molar refractivity (Wildman–Crippen MR) is 122 cm³/mol. The fraction of sp³-hybridized carbons (Fsp3) is 0.520. The van der Waals surface area contributed by atoms with Crippen LogP contribution in [0.25, 0.3) is 0 Å². The van der Waals surface area contributed by atoms with Gasteiger partial charge in [0.15, 0.2) is 0 Å². The largest absolute Gasteiger partial charge is 0.464 e. The van der Waals surface area contributed by atoms with Gasteiger partial charge in [-0.05, 0) is 52.2 Å². The van der Waals surface area contributed by atoms with E-state index in [0.717, 1.165) is 4.90 Å². The van der Waals surface area contributed by atoms with Crippen LogP contribution >= 0.6 is 0 Å². The second-order valence-corrected chi connectivity index (χ2v) is 9.29. The number of carbonyl (C=O) groups excluding carboxylic acids is 4. The molecule has 1 aromatic carbocycles. The maximum absolute atomic E-state index is 13.9. The van der Waals surface area contributed by atoms with Gasteiger partial charge in [-0.3, -0.25) is 9.69 Å². The van der Waals surface area contributed by atoms with Crippen molar-refractivity contribution in [2.75, 3.05) is 13.2 Å². The van der Waals surface area contributed by atoms with Crippen LogP contribution < -0.4 is 0 Å². The molecule has 0 spiro atoms. The molecule has 34 heavy (non-hydrogen) atoms. The molecule has 2 aliphatic heterocycles. The maximum atomic E-state index is 13.9. The molecule has 2 aliphatic rings. The van der Waals surface area contributed by atoms with Crippen LogP contribution in [0.4, 0.5) is 4.79 Å². The Morgan fingerprint density at radius 2 is 1.62 bits per heavy atom. The van der Waals surface area contributed by atoms with Crippen LogP contribution in [0, 0.1) is 0 Å². The molecule has 184 valence electrons. The number of benzene rings is 1. The molecule has 0 saturated carbocycles. The topological polar surface area (TPSA) is 102 Å². The molecule has 0 aliphatic carbocycles. The number of nitrogens with zero attached hydrogens (tertiary/aromatic N) is 2. The van der Waals surface area contributed by atoms with Crippen LogP contribution in [0.2, 0.25) is 0 Å². The summed E-state index contributed by atoms with van der Waals surface area (Å²) >= 11 is 0. The standard InChI is InChI=1S/C25H32N2O7/c1-7-32-21(29)25(22(30)33-8-2)19-16(3)14-18(27(19)23(31)34-24(4,5)6)20(28)26(25)15-17-12-10-9-11-13-17/h9-13,18-19H,3,7-8,14-15H2,1-2,4-6H3/t18-,19+/m0/s1. The summed E-state index contributed by atoms with van der Waals surface area (Å²) in [5.41, 5.74) is -2.05. The number of ether oxygens (including phenoxy) is 3. The third-order valence-corrected chi connectivity index (χ3v) is 5.79. The average molecular weight is 473 g/mol. The third kappa shape index (κ3) is 4.26. The molecule has 1 aromatic rings. The van der Waals surface area contributed by atoms with Crippen molar-refractivity contribution in [2.45, 2.75) is 70.8 Å². The Kier molecular flexibility index (Phi) is 7.05. The van der Waals surface area contributed by atoms with Crippen LogP contribution in [0.5, 0.6) is 0 Å². The number of carbonyl (C=O) groups is 4. The van der Waals surface area contributed by atoms with E-state index in [-0.39, 0.29) is 26.2 Å². The smallest absolute Gasteiger partial charge is 0.411 e. The van der Waals surface area contributed by atoms with Crippen LogP contribution in [-0.2, 0) is 35.1 Å². The van der Waals surface area contributed by atoms with E-state index in [1.54, 1.807) is 58.9 Å². The zero-order valence-corrected chi connectivity index (χ0v) is 20.3. The van der Waals surface area contributed by atoms with E-state index in [1.165, 1.54) is 4.90 Å². The van der Waals surface area contributed by atoms with Gasteiger partial charge in [0.25, 0.3) is 5.54 Å². The first kappa shape index (κ1) is 25.3. The third-order valence-electron chi connectivity index (χ3n) is 5.79. The lowest BCUT2D eigenvalue weighted by Gasteiger charge is -2.50. The molecule has 0 radical (unpaired) electrons. The molecule has 2 saturated heterocycles. The van der Waals surface area contributed by atoms with Crippen molar-refractivity contribution in [1.29, 1.82) is 0 Å². The molecule has 2 bridgehead atoms. The number of rotatable bonds is 6. The van der Waals surface area contributed by atoms with Crippen molar-refractivity contribution in [2.24, 2.45) is 0 Å². The van der Waals surface area contributed by atoms with Gasteiger partial charge in [-0.2, -0.15) is 0 Å². The second kappa shape index (κ2) is 9.48. The van der Waals surface area contributed by atoms with E-state index in [1.807, 2.05) is 6.07 Å². The fourth-order valence-corrected chi connectivity index (χ4v) is 4.56. The molecule has 9 nitrogen and oxygen atoms in total. The Morgan fingerprint density at radius 3 is 2.12 bits per heavy atom. The highest BCUT2D eigenvalue weighted by Gasteiger charge is 2.72. The molecule has 3 rings (SSSR count). The van der Waals surface area contributed by atoms with Crippen LogP contribution in [0.3, 0.4) is 0 Å². The van der Waals surface area contributed by atoms with E-state index in [9.17, 15) is 19.2 Å². The number of fused-ring (bicyclic) bond motifs is 2. The number of hydrogen-bond acceptors (Lipinski definition) is 7. The molecule has 9 heteroatoms. The van der Waals surface area contributed by atoms with Crippen molar-refractivity contribution in [3.05, 3.63) is 48.0 Å². The quantitative estimate of drug-likeness (QED) is 0.271. The van der Waals surface area contributed by atoms with Gasteiger partial charge in [-0.1, -0.05) is 36.9 Å². The van der Waals surface area contributed by atoms with Gasteiger partial charge in [0.05, 0.1) is 13.2 Å². The summed E-state index contributed by atoms with van der Waals surface area (Å²) in [7, 11) is 0. The highest BCUT2D eigenvalue weighted by Crippen LogP contribution is 2.46. The molecule has 2 amide bonds. The van der Waals surface area contributed by atoms with Gasteiger partial charge in [-0.15, -0.1) is 0 Å². The first-order valence-corrected chi connectivity index (χ1v) is 11.4. The summed E-state index contributed by atoms with van der Waals surface area (Å²) in [4.78, 5) is 56.7. The Bertz CT molecular complexity index is 965. The van der Waals surface area contributed by atoms with Gasteiger partial charge < -0.3 is 19.1 Å².